The van der Waals surface area contributed by atoms with Crippen molar-refractivity contribution < 1.29 is 28.8 Å². The van der Waals surface area contributed by atoms with Crippen LogP contribution in [0.5, 0.6) is 40.2 Å². The van der Waals surface area contributed by atoms with E-state index in [1.165, 1.54) is 11.1 Å². The number of nitrogens with zero attached hydrogens (tertiary/aromatic N) is 2. The largest absolute Gasteiger partial charge is 0.504 e. The number of likely N-dealkylation sites (N-methyl/N-ethyl adjacent to an activating group) is 2. The molecule has 4 aromatic rings. The Hall–Kier alpha value is -4.40. The summed E-state index contributed by atoms with van der Waals surface area (Å²) in [6, 6.07) is 21.0. The molecule has 2 atom stereocenters. The molecule has 8 heteroatoms. The third-order valence-electron chi connectivity index (χ3n) is 9.92. The van der Waals surface area contributed by atoms with Crippen LogP contribution in [-0.4, -0.2) is 63.4 Å². The predicted molar refractivity (Wildman–Crippen MR) is 177 cm³/mol. The highest BCUT2D eigenvalue weighted by molar-refractivity contribution is 5.63. The highest BCUT2D eigenvalue weighted by Crippen LogP contribution is 2.51. The van der Waals surface area contributed by atoms with Gasteiger partial charge in [0, 0.05) is 36.3 Å². The van der Waals surface area contributed by atoms with Crippen LogP contribution in [0.25, 0.3) is 0 Å². The van der Waals surface area contributed by atoms with Crippen LogP contribution in [-0.2, 0) is 32.3 Å². The molecule has 0 amide bonds. The predicted octanol–water partition coefficient (Wildman–Crippen LogP) is 6.65. The maximum absolute atomic E-state index is 11.7. The van der Waals surface area contributed by atoms with Crippen LogP contribution in [0.4, 0.5) is 0 Å². The zero-order chi connectivity index (χ0) is 31.9. The van der Waals surface area contributed by atoms with Crippen molar-refractivity contribution in [1.82, 2.24) is 9.80 Å². The van der Waals surface area contributed by atoms with Gasteiger partial charge in [-0.3, -0.25) is 9.80 Å². The average Bonchev–Trinajstić information content (AvgIpc) is 3.07. The lowest BCUT2D eigenvalue weighted by Crippen LogP contribution is -2.34. The van der Waals surface area contributed by atoms with Crippen LogP contribution in [0, 0.1) is 0 Å². The number of rotatable bonds is 3. The minimum Gasteiger partial charge on any atom is -0.504 e. The molecule has 6 aliphatic heterocycles. The molecule has 240 valence electrons. The van der Waals surface area contributed by atoms with Crippen LogP contribution in [0.1, 0.15) is 51.0 Å². The van der Waals surface area contributed by atoms with Crippen molar-refractivity contribution in [1.29, 1.82) is 0 Å². The summed E-state index contributed by atoms with van der Waals surface area (Å²) in [5, 5.41) is 11.7. The molecule has 46 heavy (non-hydrogen) atoms. The van der Waals surface area contributed by atoms with Gasteiger partial charge in [0.2, 0.25) is 11.5 Å². The minimum absolute atomic E-state index is 0.0320. The maximum atomic E-state index is 11.7. The lowest BCUT2D eigenvalue weighted by atomic mass is 9.87. The van der Waals surface area contributed by atoms with Gasteiger partial charge in [0.1, 0.15) is 12.4 Å². The second kappa shape index (κ2) is 12.4. The smallest absolute Gasteiger partial charge is 0.204 e. The molecule has 0 fully saturated rings. The van der Waals surface area contributed by atoms with Gasteiger partial charge in [0.15, 0.2) is 23.0 Å². The molecular weight excluding hydrogens is 580 g/mol. The SMILES string of the molecule is COc1cc2c3c(O)c1OCc1ccc(cc1)C[C@@H]1c4c(cc(OC)c(OC)c4Oc4ccc(cc4)C[C@H]3N(C)CC2)CCN1C. The van der Waals surface area contributed by atoms with Crippen molar-refractivity contribution in [3.63, 3.8) is 0 Å². The maximum Gasteiger partial charge on any atom is 0.204 e. The first-order valence-corrected chi connectivity index (χ1v) is 16.0. The van der Waals surface area contributed by atoms with Gasteiger partial charge in [0.05, 0.1) is 21.3 Å². The standard InChI is InChI=1S/C38H42N2O6/c1-39-16-14-26-20-31(42-3)36-35(41)33(26)29(39)18-24-10-12-28(13-11-24)46-38-34-27(21-32(43-4)37(38)44-5)15-17-40(2)30(34)19-23-6-8-25(9-7-23)22-45-36/h6-13,20-21,29-30,41H,14-19,22H2,1-5H3/t29-,30-/m1/s1. The Morgan fingerprint density at radius 1 is 0.674 bits per heavy atom. The summed E-state index contributed by atoms with van der Waals surface area (Å²) in [6.45, 7) is 2.12. The molecule has 0 unspecified atom stereocenters. The summed E-state index contributed by atoms with van der Waals surface area (Å²) in [6.07, 6.45) is 3.23. The molecule has 0 aromatic heterocycles. The number of methoxy groups -OCH3 is 3. The Labute approximate surface area is 271 Å². The zero-order valence-corrected chi connectivity index (χ0v) is 27.3. The van der Waals surface area contributed by atoms with Crippen molar-refractivity contribution in [3.8, 4) is 40.2 Å². The lowest BCUT2D eigenvalue weighted by molar-refractivity contribution is 0.216. The molecule has 0 saturated heterocycles. The molecule has 1 N–H and O–H groups in total. The summed E-state index contributed by atoms with van der Waals surface area (Å²) >= 11 is 0. The Balaban J connectivity index is 1.37. The van der Waals surface area contributed by atoms with Crippen LogP contribution >= 0.6 is 0 Å². The molecule has 0 saturated carbocycles. The number of hydrogen-bond donors (Lipinski definition) is 1. The van der Waals surface area contributed by atoms with E-state index in [-0.39, 0.29) is 17.8 Å². The second-order valence-electron chi connectivity index (χ2n) is 12.6. The Bertz CT molecular complexity index is 1740. The fraction of sp³-hybridized carbons (Fsp3) is 0.368. The fourth-order valence-corrected chi connectivity index (χ4v) is 7.31. The normalized spacial score (nSPS) is 19.5. The van der Waals surface area contributed by atoms with Crippen LogP contribution < -0.4 is 23.7 Å². The van der Waals surface area contributed by atoms with E-state index in [9.17, 15) is 5.11 Å². The summed E-state index contributed by atoms with van der Waals surface area (Å²) in [5.74, 6) is 3.80. The number of aromatic hydroxyl groups is 1. The Morgan fingerprint density at radius 3 is 1.83 bits per heavy atom. The van der Waals surface area contributed by atoms with Crippen molar-refractivity contribution in [2.75, 3.05) is 48.5 Å². The first-order valence-electron chi connectivity index (χ1n) is 16.0. The van der Waals surface area contributed by atoms with Crippen molar-refractivity contribution >= 4 is 0 Å². The van der Waals surface area contributed by atoms with E-state index >= 15 is 0 Å². The minimum atomic E-state index is -0.0320. The Morgan fingerprint density at radius 2 is 1.22 bits per heavy atom. The van der Waals surface area contributed by atoms with Crippen molar-refractivity contribution in [2.24, 2.45) is 0 Å². The number of hydrogen-bond acceptors (Lipinski definition) is 8. The molecule has 0 spiro atoms. The van der Waals surface area contributed by atoms with Gasteiger partial charge in [-0.15, -0.1) is 0 Å². The molecular formula is C38H42N2O6. The number of ether oxygens (including phenoxy) is 5. The first-order chi connectivity index (χ1) is 22.4. The summed E-state index contributed by atoms with van der Waals surface area (Å²) in [7, 11) is 9.25. The van der Waals surface area contributed by atoms with Gasteiger partial charge in [-0.25, -0.2) is 0 Å². The lowest BCUT2D eigenvalue weighted by Gasteiger charge is -2.37. The van der Waals surface area contributed by atoms with E-state index in [1.807, 2.05) is 18.2 Å². The Kier molecular flexibility index (Phi) is 8.17. The monoisotopic (exact) mass is 622 g/mol. The molecule has 8 nitrogen and oxygen atoms in total. The van der Waals surface area contributed by atoms with E-state index in [1.54, 1.807) is 21.3 Å². The highest BCUT2D eigenvalue weighted by atomic mass is 16.5. The second-order valence-corrected chi connectivity index (χ2v) is 12.6. The molecule has 10 rings (SSSR count). The fourth-order valence-electron chi connectivity index (χ4n) is 7.31. The van der Waals surface area contributed by atoms with E-state index in [2.05, 4.69) is 66.4 Å². The van der Waals surface area contributed by atoms with Gasteiger partial charge >= 0.3 is 0 Å². The molecule has 4 aromatic carbocycles. The van der Waals surface area contributed by atoms with Gasteiger partial charge in [-0.1, -0.05) is 36.4 Å². The third kappa shape index (κ3) is 5.39. The van der Waals surface area contributed by atoms with Crippen molar-refractivity contribution in [3.05, 3.63) is 99.6 Å². The van der Waals surface area contributed by atoms with Crippen LogP contribution in [0.2, 0.25) is 0 Å². The zero-order valence-electron chi connectivity index (χ0n) is 27.3. The van der Waals surface area contributed by atoms with Gasteiger partial charge in [-0.05, 0) is 91.9 Å². The third-order valence-corrected chi connectivity index (χ3v) is 9.92. The van der Waals surface area contributed by atoms with Crippen molar-refractivity contribution in [2.45, 2.75) is 44.4 Å². The van der Waals surface area contributed by atoms with E-state index < -0.39 is 0 Å². The number of phenolic OH excluding ortho intramolecular Hbond substituents is 1. The summed E-state index contributed by atoms with van der Waals surface area (Å²) < 4.78 is 30.5. The average molecular weight is 623 g/mol. The molecule has 6 heterocycles. The van der Waals surface area contributed by atoms with E-state index in [4.69, 9.17) is 23.7 Å². The summed E-state index contributed by atoms with van der Waals surface area (Å²) in [5.41, 5.74) is 7.69. The van der Waals surface area contributed by atoms with E-state index in [0.717, 1.165) is 72.3 Å². The van der Waals surface area contributed by atoms with Gasteiger partial charge in [-0.2, -0.15) is 0 Å². The van der Waals surface area contributed by atoms with Crippen LogP contribution in [0.3, 0.4) is 0 Å². The molecule has 0 aliphatic carbocycles. The quantitative estimate of drug-likeness (QED) is 0.273. The molecule has 0 radical (unpaired) electrons. The van der Waals surface area contributed by atoms with E-state index in [0.29, 0.717) is 35.4 Å². The first kappa shape index (κ1) is 30.3. The van der Waals surface area contributed by atoms with Gasteiger partial charge < -0.3 is 28.8 Å². The number of phenols is 1. The van der Waals surface area contributed by atoms with Gasteiger partial charge in [0.25, 0.3) is 0 Å². The number of benzene rings is 4. The summed E-state index contributed by atoms with van der Waals surface area (Å²) in [4.78, 5) is 4.70. The van der Waals surface area contributed by atoms with Crippen LogP contribution in [0.15, 0.2) is 60.7 Å². The molecule has 6 aliphatic rings. The highest BCUT2D eigenvalue weighted by Gasteiger charge is 2.34. The topological polar surface area (TPSA) is 72.9 Å². The molecule has 6 bridgehead atoms.